The third kappa shape index (κ3) is 2.59. The number of para-hydroxylation sites is 1. The molecule has 0 amide bonds. The van der Waals surface area contributed by atoms with Crippen molar-refractivity contribution < 1.29 is 9.68 Å². The summed E-state index contributed by atoms with van der Waals surface area (Å²) in [5, 5.41) is 18.6. The third-order valence-corrected chi connectivity index (χ3v) is 3.48. The monoisotopic (exact) mass is 309 g/mol. The molecule has 0 aliphatic carbocycles. The Balaban J connectivity index is 2.13. The second-order valence-electron chi connectivity index (χ2n) is 4.93. The predicted octanol–water partition coefficient (Wildman–Crippen LogP) is 3.73. The van der Waals surface area contributed by atoms with Gasteiger partial charge in [0.1, 0.15) is 0 Å². The fraction of sp³-hybridized carbons (Fsp3) is 0.0625. The van der Waals surface area contributed by atoms with E-state index in [9.17, 15) is 15.0 Å². The van der Waals surface area contributed by atoms with Crippen molar-refractivity contribution in [2.45, 2.75) is 0 Å². The van der Waals surface area contributed by atoms with Crippen molar-refractivity contribution in [1.82, 2.24) is 10.2 Å². The van der Waals surface area contributed by atoms with Gasteiger partial charge in [-0.15, -0.1) is 0 Å². The van der Waals surface area contributed by atoms with Crippen LogP contribution in [0, 0.1) is 15.0 Å². The van der Waals surface area contributed by atoms with Gasteiger partial charge in [-0.3, -0.25) is 15.2 Å². The highest BCUT2D eigenvalue weighted by Gasteiger charge is 2.19. The van der Waals surface area contributed by atoms with Crippen molar-refractivity contribution >= 4 is 22.3 Å². The summed E-state index contributed by atoms with van der Waals surface area (Å²) in [6.07, 6.45) is 1.52. The average molecular weight is 309 g/mol. The van der Waals surface area contributed by atoms with Crippen LogP contribution < -0.4 is 0 Å². The standard InChI is InChI=1S/C16H13N4O3/c1-2-9-19(21)12-6-3-5-11(10-12)15-13-7-4-8-14(20(22)23)16(13)18-17-15/h2-8,10H,1,9H2,(H,17,18)/q+1. The number of nitro groups is 1. The molecule has 1 N–H and O–H groups in total. The van der Waals surface area contributed by atoms with Crippen molar-refractivity contribution in [3.05, 3.63) is 70.1 Å². The van der Waals surface area contributed by atoms with E-state index in [0.29, 0.717) is 22.3 Å². The number of benzene rings is 2. The first-order valence-corrected chi connectivity index (χ1v) is 6.89. The van der Waals surface area contributed by atoms with Crippen LogP contribution in [0.1, 0.15) is 0 Å². The van der Waals surface area contributed by atoms with Crippen molar-refractivity contribution in [3.8, 4) is 11.3 Å². The van der Waals surface area contributed by atoms with Crippen LogP contribution in [0.3, 0.4) is 0 Å². The largest absolute Gasteiger partial charge is 0.297 e. The lowest BCUT2D eigenvalue weighted by Crippen LogP contribution is -1.99. The van der Waals surface area contributed by atoms with Gasteiger partial charge in [-0.05, 0) is 6.08 Å². The van der Waals surface area contributed by atoms with Gasteiger partial charge in [0, 0.05) is 38.8 Å². The van der Waals surface area contributed by atoms with Crippen molar-refractivity contribution in [2.24, 2.45) is 0 Å². The summed E-state index contributed by atoms with van der Waals surface area (Å²) in [4.78, 5) is 22.5. The topological polar surface area (TPSA) is 91.9 Å². The molecule has 0 atom stereocenters. The summed E-state index contributed by atoms with van der Waals surface area (Å²) in [5.41, 5.74) is 2.09. The van der Waals surface area contributed by atoms with Crippen LogP contribution in [0.25, 0.3) is 22.2 Å². The molecule has 1 aromatic heterocycles. The molecule has 7 heteroatoms. The van der Waals surface area contributed by atoms with Gasteiger partial charge in [0.25, 0.3) is 11.4 Å². The number of H-pyrrole nitrogens is 1. The van der Waals surface area contributed by atoms with E-state index in [1.165, 1.54) is 12.1 Å². The number of fused-ring (bicyclic) bond motifs is 1. The van der Waals surface area contributed by atoms with Gasteiger partial charge < -0.3 is 0 Å². The zero-order valence-electron chi connectivity index (χ0n) is 12.1. The Kier molecular flexibility index (Phi) is 3.68. The van der Waals surface area contributed by atoms with Crippen LogP contribution in [0.2, 0.25) is 0 Å². The van der Waals surface area contributed by atoms with Gasteiger partial charge >= 0.3 is 0 Å². The zero-order valence-corrected chi connectivity index (χ0v) is 12.1. The number of nitrogens with one attached hydrogen (secondary N) is 1. The van der Waals surface area contributed by atoms with Crippen molar-refractivity contribution in [3.63, 3.8) is 0 Å². The fourth-order valence-corrected chi connectivity index (χ4v) is 2.43. The maximum Gasteiger partial charge on any atom is 0.297 e. The molecule has 3 aromatic rings. The Morgan fingerprint density at radius 1 is 1.22 bits per heavy atom. The Labute approximate surface area is 131 Å². The number of nitroso groups, excluding NO2 is 1. The molecule has 0 unspecified atom stereocenters. The minimum Gasteiger partial charge on any atom is -0.276 e. The summed E-state index contributed by atoms with van der Waals surface area (Å²) in [5.74, 6) is 0. The molecule has 3 rings (SSSR count). The van der Waals surface area contributed by atoms with Crippen LogP contribution in [-0.2, 0) is 0 Å². The quantitative estimate of drug-likeness (QED) is 0.336. The lowest BCUT2D eigenvalue weighted by Gasteiger charge is -1.99. The zero-order chi connectivity index (χ0) is 16.4. The smallest absolute Gasteiger partial charge is 0.276 e. The highest BCUT2D eigenvalue weighted by Crippen LogP contribution is 2.32. The van der Waals surface area contributed by atoms with Gasteiger partial charge in [-0.2, -0.15) is 5.10 Å². The molecule has 23 heavy (non-hydrogen) atoms. The number of nitrogens with zero attached hydrogens (tertiary/aromatic N) is 3. The van der Waals surface area contributed by atoms with E-state index in [2.05, 4.69) is 16.8 Å². The van der Waals surface area contributed by atoms with E-state index in [-0.39, 0.29) is 12.2 Å². The Morgan fingerprint density at radius 3 is 2.74 bits per heavy atom. The molecule has 0 saturated heterocycles. The van der Waals surface area contributed by atoms with Gasteiger partial charge in [0.05, 0.1) is 10.6 Å². The van der Waals surface area contributed by atoms with Crippen LogP contribution in [0.5, 0.6) is 0 Å². The highest BCUT2D eigenvalue weighted by molar-refractivity contribution is 5.97. The van der Waals surface area contributed by atoms with Crippen LogP contribution in [0.15, 0.2) is 55.1 Å². The van der Waals surface area contributed by atoms with Crippen molar-refractivity contribution in [2.75, 3.05) is 6.54 Å². The molecule has 0 aliphatic rings. The highest BCUT2D eigenvalue weighted by atomic mass is 16.6. The van der Waals surface area contributed by atoms with Crippen LogP contribution >= 0.6 is 0 Å². The number of aromatic amines is 1. The van der Waals surface area contributed by atoms with Gasteiger partial charge in [-0.1, -0.05) is 30.8 Å². The number of hydrogen-bond donors (Lipinski definition) is 1. The molecular weight excluding hydrogens is 296 g/mol. The molecule has 0 radical (unpaired) electrons. The van der Waals surface area contributed by atoms with E-state index in [0.717, 1.165) is 10.3 Å². The van der Waals surface area contributed by atoms with E-state index in [1.54, 1.807) is 30.3 Å². The molecule has 114 valence electrons. The molecule has 2 aromatic carbocycles. The first kappa shape index (κ1) is 14.6. The Morgan fingerprint density at radius 2 is 2.00 bits per heavy atom. The molecule has 0 saturated carbocycles. The average Bonchev–Trinajstić information content (AvgIpc) is 2.99. The van der Waals surface area contributed by atoms with Crippen LogP contribution in [0.4, 0.5) is 11.4 Å². The van der Waals surface area contributed by atoms with Gasteiger partial charge in [0.15, 0.2) is 5.52 Å². The summed E-state index contributed by atoms with van der Waals surface area (Å²) in [6, 6.07) is 11.8. The van der Waals surface area contributed by atoms with Gasteiger partial charge in [-0.25, -0.2) is 0 Å². The maximum atomic E-state index is 11.9. The Bertz CT molecular complexity index is 930. The lowest BCUT2D eigenvalue weighted by atomic mass is 10.1. The maximum absolute atomic E-state index is 11.9. The third-order valence-electron chi connectivity index (χ3n) is 3.48. The van der Waals surface area contributed by atoms with E-state index >= 15 is 0 Å². The summed E-state index contributed by atoms with van der Waals surface area (Å²) >= 11 is 0. The second-order valence-corrected chi connectivity index (χ2v) is 4.93. The Hall–Kier alpha value is -3.35. The molecule has 7 nitrogen and oxygen atoms in total. The normalized spacial score (nSPS) is 10.6. The lowest BCUT2D eigenvalue weighted by molar-refractivity contribution is -0.451. The van der Waals surface area contributed by atoms with Crippen molar-refractivity contribution in [1.29, 1.82) is 0 Å². The second kappa shape index (κ2) is 5.80. The van der Waals surface area contributed by atoms with Crippen LogP contribution in [-0.4, -0.2) is 26.4 Å². The molecule has 1 heterocycles. The summed E-state index contributed by atoms with van der Waals surface area (Å²) in [6.45, 7) is 3.72. The molecular formula is C16H13N4O3+. The van der Waals surface area contributed by atoms with E-state index < -0.39 is 4.92 Å². The molecule has 0 fully saturated rings. The first-order valence-electron chi connectivity index (χ1n) is 6.89. The number of rotatable bonds is 5. The first-order chi connectivity index (χ1) is 11.1. The fourth-order valence-electron chi connectivity index (χ4n) is 2.43. The number of non-ortho nitro benzene ring substituents is 1. The molecule has 0 spiro atoms. The minimum absolute atomic E-state index is 0.0572. The summed E-state index contributed by atoms with van der Waals surface area (Å²) < 4.78 is 0.817. The minimum atomic E-state index is -0.465. The van der Waals surface area contributed by atoms with E-state index in [4.69, 9.17) is 0 Å². The number of aromatic nitrogens is 2. The van der Waals surface area contributed by atoms with Gasteiger partial charge in [0.2, 0.25) is 6.54 Å². The number of hydrogen-bond acceptors (Lipinski definition) is 4. The summed E-state index contributed by atoms with van der Waals surface area (Å²) in [7, 11) is 0. The predicted molar refractivity (Wildman–Crippen MR) is 86.5 cm³/mol. The molecule has 0 aliphatic heterocycles. The SMILES string of the molecule is C=CC[N+](=O)c1cccc(-c2[nH]nc3c([N+](=O)[O-])cccc23)c1. The number of nitro benzene ring substituents is 1. The van der Waals surface area contributed by atoms with E-state index in [1.807, 2.05) is 6.07 Å². The molecule has 0 bridgehead atoms.